The average molecular weight is 408 g/mol. The Labute approximate surface area is 172 Å². The van der Waals surface area contributed by atoms with Crippen molar-refractivity contribution in [2.24, 2.45) is 14.1 Å². The minimum absolute atomic E-state index is 0.0889. The van der Waals surface area contributed by atoms with Crippen LogP contribution in [0.3, 0.4) is 0 Å². The minimum atomic E-state index is -0.414. The smallest absolute Gasteiger partial charge is 0.332 e. The van der Waals surface area contributed by atoms with Crippen LogP contribution in [0.15, 0.2) is 46.4 Å². The molecule has 0 saturated heterocycles. The standard InChI is InChI=1S/C21H24N6O3/c1-4-26-11-9-14-12-15(7-8-16(14)26)23-17(28)6-5-10-27-13-22-19-18(27)20(29)25(3)21(30)24(19)2/h7-9,11-13H,4-6,10H2,1-3H3,(H,23,28). The molecule has 156 valence electrons. The lowest BCUT2D eigenvalue weighted by Crippen LogP contribution is -2.37. The molecule has 4 rings (SSSR count). The van der Waals surface area contributed by atoms with E-state index in [1.807, 2.05) is 30.5 Å². The van der Waals surface area contributed by atoms with Gasteiger partial charge in [-0.25, -0.2) is 9.78 Å². The number of carbonyl (C=O) groups excluding carboxylic acids is 1. The van der Waals surface area contributed by atoms with E-state index in [2.05, 4.69) is 21.8 Å². The Morgan fingerprint density at radius 3 is 2.67 bits per heavy atom. The summed E-state index contributed by atoms with van der Waals surface area (Å²) >= 11 is 0. The van der Waals surface area contributed by atoms with Crippen molar-refractivity contribution in [3.63, 3.8) is 0 Å². The van der Waals surface area contributed by atoms with Gasteiger partial charge in [0.05, 0.1) is 6.33 Å². The van der Waals surface area contributed by atoms with Crippen LogP contribution in [0.1, 0.15) is 19.8 Å². The van der Waals surface area contributed by atoms with Gasteiger partial charge in [-0.05, 0) is 37.6 Å². The van der Waals surface area contributed by atoms with E-state index >= 15 is 0 Å². The highest BCUT2D eigenvalue weighted by Crippen LogP contribution is 2.20. The molecule has 1 N–H and O–H groups in total. The first-order valence-electron chi connectivity index (χ1n) is 9.90. The lowest BCUT2D eigenvalue weighted by Gasteiger charge is -2.08. The summed E-state index contributed by atoms with van der Waals surface area (Å²) in [6.45, 7) is 3.44. The van der Waals surface area contributed by atoms with Gasteiger partial charge in [-0.1, -0.05) is 0 Å². The second-order valence-corrected chi connectivity index (χ2v) is 7.34. The van der Waals surface area contributed by atoms with Crippen molar-refractivity contribution < 1.29 is 4.79 Å². The van der Waals surface area contributed by atoms with Crippen LogP contribution in [0.25, 0.3) is 22.1 Å². The van der Waals surface area contributed by atoms with Crippen LogP contribution in [0.4, 0.5) is 5.69 Å². The number of amides is 1. The fraction of sp³-hybridized carbons (Fsp3) is 0.333. The number of anilines is 1. The minimum Gasteiger partial charge on any atom is -0.348 e. The van der Waals surface area contributed by atoms with Crippen molar-refractivity contribution in [2.75, 3.05) is 5.32 Å². The van der Waals surface area contributed by atoms with Gasteiger partial charge in [-0.2, -0.15) is 0 Å². The number of nitrogens with one attached hydrogen (secondary N) is 1. The number of hydrogen-bond donors (Lipinski definition) is 1. The van der Waals surface area contributed by atoms with Crippen LogP contribution >= 0.6 is 0 Å². The molecule has 0 atom stereocenters. The highest BCUT2D eigenvalue weighted by Gasteiger charge is 2.14. The third-order valence-corrected chi connectivity index (χ3v) is 5.42. The van der Waals surface area contributed by atoms with Gasteiger partial charge in [-0.15, -0.1) is 0 Å². The Bertz CT molecular complexity index is 1370. The molecule has 3 heterocycles. The Morgan fingerprint density at radius 1 is 1.10 bits per heavy atom. The molecule has 30 heavy (non-hydrogen) atoms. The third-order valence-electron chi connectivity index (χ3n) is 5.42. The first-order chi connectivity index (χ1) is 14.4. The van der Waals surface area contributed by atoms with Crippen LogP contribution in [0, 0.1) is 0 Å². The molecule has 0 aliphatic carbocycles. The van der Waals surface area contributed by atoms with E-state index in [0.717, 1.165) is 27.7 Å². The van der Waals surface area contributed by atoms with E-state index in [-0.39, 0.29) is 11.5 Å². The van der Waals surface area contributed by atoms with Crippen LogP contribution in [0.2, 0.25) is 0 Å². The maximum atomic E-state index is 12.5. The summed E-state index contributed by atoms with van der Waals surface area (Å²) in [5.74, 6) is -0.0889. The van der Waals surface area contributed by atoms with Crippen LogP contribution < -0.4 is 16.6 Å². The van der Waals surface area contributed by atoms with E-state index in [9.17, 15) is 14.4 Å². The first-order valence-corrected chi connectivity index (χ1v) is 9.90. The molecule has 0 spiro atoms. The van der Waals surface area contributed by atoms with Gasteiger partial charge in [0.25, 0.3) is 5.56 Å². The fourth-order valence-corrected chi connectivity index (χ4v) is 3.75. The Morgan fingerprint density at radius 2 is 1.90 bits per heavy atom. The summed E-state index contributed by atoms with van der Waals surface area (Å²) in [5.41, 5.74) is 1.81. The lowest BCUT2D eigenvalue weighted by atomic mass is 10.2. The first kappa shape index (κ1) is 19.7. The Hall–Kier alpha value is -3.62. The molecule has 0 bridgehead atoms. The van der Waals surface area contributed by atoms with Gasteiger partial charge >= 0.3 is 5.69 Å². The zero-order valence-electron chi connectivity index (χ0n) is 17.3. The molecular weight excluding hydrogens is 384 g/mol. The summed E-state index contributed by atoms with van der Waals surface area (Å²) in [5, 5.41) is 4.02. The Kier molecular flexibility index (Phi) is 5.03. The third kappa shape index (κ3) is 3.32. The monoisotopic (exact) mass is 408 g/mol. The normalized spacial score (nSPS) is 11.4. The van der Waals surface area contributed by atoms with Crippen LogP contribution in [-0.2, 0) is 32.0 Å². The predicted molar refractivity (Wildman–Crippen MR) is 116 cm³/mol. The number of aromatic nitrogens is 5. The van der Waals surface area contributed by atoms with Gasteiger partial charge in [0, 0.05) is 56.4 Å². The van der Waals surface area contributed by atoms with Crippen molar-refractivity contribution in [1.82, 2.24) is 23.3 Å². The van der Waals surface area contributed by atoms with Gasteiger partial charge in [-0.3, -0.25) is 18.7 Å². The molecule has 1 amide bonds. The maximum Gasteiger partial charge on any atom is 0.332 e. The highest BCUT2D eigenvalue weighted by atomic mass is 16.2. The van der Waals surface area contributed by atoms with Gasteiger partial charge in [0.2, 0.25) is 5.91 Å². The lowest BCUT2D eigenvalue weighted by molar-refractivity contribution is -0.116. The van der Waals surface area contributed by atoms with E-state index < -0.39 is 5.69 Å². The highest BCUT2D eigenvalue weighted by molar-refractivity contribution is 5.93. The molecule has 3 aromatic heterocycles. The number of hydrogen-bond acceptors (Lipinski definition) is 4. The number of aryl methyl sites for hydroxylation is 3. The van der Waals surface area contributed by atoms with E-state index in [0.29, 0.717) is 30.6 Å². The topological polar surface area (TPSA) is 95.8 Å². The van der Waals surface area contributed by atoms with E-state index in [4.69, 9.17) is 0 Å². The molecule has 9 nitrogen and oxygen atoms in total. The summed E-state index contributed by atoms with van der Waals surface area (Å²) in [6.07, 6.45) is 4.42. The largest absolute Gasteiger partial charge is 0.348 e. The van der Waals surface area contributed by atoms with E-state index in [1.54, 1.807) is 11.6 Å². The van der Waals surface area contributed by atoms with Crippen LogP contribution in [-0.4, -0.2) is 29.2 Å². The van der Waals surface area contributed by atoms with Gasteiger partial charge in [0.15, 0.2) is 11.2 Å². The molecule has 0 radical (unpaired) electrons. The summed E-state index contributed by atoms with van der Waals surface area (Å²) in [4.78, 5) is 41.0. The van der Waals surface area contributed by atoms with Crippen molar-refractivity contribution in [1.29, 1.82) is 0 Å². The molecule has 0 fully saturated rings. The van der Waals surface area contributed by atoms with Gasteiger partial charge in [0.1, 0.15) is 0 Å². The number of nitrogens with zero attached hydrogens (tertiary/aromatic N) is 5. The molecule has 0 aliphatic rings. The second-order valence-electron chi connectivity index (χ2n) is 7.34. The predicted octanol–water partition coefficient (Wildman–Crippen LogP) is 1.83. The van der Waals surface area contributed by atoms with Crippen molar-refractivity contribution in [3.05, 3.63) is 57.6 Å². The maximum absolute atomic E-state index is 12.5. The second kappa shape index (κ2) is 7.66. The zero-order valence-corrected chi connectivity index (χ0v) is 17.3. The zero-order chi connectivity index (χ0) is 21.4. The SMILES string of the molecule is CCn1ccc2cc(NC(=O)CCCn3cnc4c3c(=O)n(C)c(=O)n4C)ccc21. The molecule has 9 heteroatoms. The van der Waals surface area contributed by atoms with Crippen molar-refractivity contribution >= 4 is 33.7 Å². The van der Waals surface area contributed by atoms with Crippen molar-refractivity contribution in [3.8, 4) is 0 Å². The fourth-order valence-electron chi connectivity index (χ4n) is 3.75. The summed E-state index contributed by atoms with van der Waals surface area (Å²) < 4.78 is 6.26. The molecule has 0 saturated carbocycles. The number of imidazole rings is 1. The van der Waals surface area contributed by atoms with E-state index in [1.165, 1.54) is 17.9 Å². The number of carbonyl (C=O) groups is 1. The quantitative estimate of drug-likeness (QED) is 0.526. The molecule has 0 unspecified atom stereocenters. The number of fused-ring (bicyclic) bond motifs is 2. The summed E-state index contributed by atoms with van der Waals surface area (Å²) in [7, 11) is 3.03. The van der Waals surface area contributed by atoms with Crippen molar-refractivity contribution in [2.45, 2.75) is 32.9 Å². The van der Waals surface area contributed by atoms with Gasteiger partial charge < -0.3 is 14.5 Å². The number of rotatable bonds is 6. The Balaban J connectivity index is 1.43. The number of benzene rings is 1. The molecule has 4 aromatic rings. The molecular formula is C21H24N6O3. The average Bonchev–Trinajstić information content (AvgIpc) is 3.34. The molecule has 0 aliphatic heterocycles. The van der Waals surface area contributed by atoms with Crippen LogP contribution in [0.5, 0.6) is 0 Å². The summed E-state index contributed by atoms with van der Waals surface area (Å²) in [6, 6.07) is 7.91. The molecule has 1 aromatic carbocycles.